The van der Waals surface area contributed by atoms with E-state index < -0.39 is 12.1 Å². The Morgan fingerprint density at radius 1 is 1.06 bits per heavy atom. The van der Waals surface area contributed by atoms with Gasteiger partial charge in [0.2, 0.25) is 11.8 Å². The predicted molar refractivity (Wildman–Crippen MR) is 116 cm³/mol. The van der Waals surface area contributed by atoms with Gasteiger partial charge in [-0.05, 0) is 29.2 Å². The molecule has 1 saturated heterocycles. The SMILES string of the molecule is CC(C)CC(=O)NC(C(=O)Nc1cccc(CN2C(=O)CNC2=O)c1)c1ccccc1. The lowest BCUT2D eigenvalue weighted by Gasteiger charge is -2.20. The number of amides is 5. The van der Waals surface area contributed by atoms with E-state index in [0.29, 0.717) is 23.2 Å². The third-order valence-electron chi connectivity index (χ3n) is 4.77. The Morgan fingerprint density at radius 3 is 2.45 bits per heavy atom. The number of carbonyl (C=O) groups excluding carboxylic acids is 4. The summed E-state index contributed by atoms with van der Waals surface area (Å²) in [5.74, 6) is -0.708. The van der Waals surface area contributed by atoms with Gasteiger partial charge in [0.1, 0.15) is 6.04 Å². The van der Waals surface area contributed by atoms with Crippen LogP contribution < -0.4 is 16.0 Å². The van der Waals surface area contributed by atoms with Crippen molar-refractivity contribution in [1.29, 1.82) is 0 Å². The molecule has 1 fully saturated rings. The second-order valence-corrected chi connectivity index (χ2v) is 7.84. The first kappa shape index (κ1) is 22.0. The van der Waals surface area contributed by atoms with Gasteiger partial charge in [-0.3, -0.25) is 19.3 Å². The second kappa shape index (κ2) is 9.88. The lowest BCUT2D eigenvalue weighted by Crippen LogP contribution is -2.37. The highest BCUT2D eigenvalue weighted by atomic mass is 16.2. The zero-order valence-corrected chi connectivity index (χ0v) is 17.6. The van der Waals surface area contributed by atoms with Gasteiger partial charge >= 0.3 is 6.03 Å². The fourth-order valence-corrected chi connectivity index (χ4v) is 3.30. The average Bonchev–Trinajstić information content (AvgIpc) is 3.04. The molecule has 31 heavy (non-hydrogen) atoms. The number of rotatable bonds is 8. The molecule has 0 spiro atoms. The maximum Gasteiger partial charge on any atom is 0.324 e. The molecule has 5 amide bonds. The topological polar surface area (TPSA) is 108 Å². The highest BCUT2D eigenvalue weighted by Crippen LogP contribution is 2.19. The summed E-state index contributed by atoms with van der Waals surface area (Å²) >= 11 is 0. The highest BCUT2D eigenvalue weighted by molar-refractivity contribution is 6.02. The van der Waals surface area contributed by atoms with Crippen LogP contribution in [0.2, 0.25) is 0 Å². The maximum absolute atomic E-state index is 13.0. The van der Waals surface area contributed by atoms with Gasteiger partial charge in [-0.25, -0.2) is 4.79 Å². The molecule has 8 heteroatoms. The lowest BCUT2D eigenvalue weighted by molar-refractivity contribution is -0.127. The summed E-state index contributed by atoms with van der Waals surface area (Å²) in [6.45, 7) is 3.98. The number of nitrogens with one attached hydrogen (secondary N) is 3. The van der Waals surface area contributed by atoms with E-state index in [2.05, 4.69) is 16.0 Å². The average molecular weight is 422 g/mol. The van der Waals surface area contributed by atoms with Crippen molar-refractivity contribution in [1.82, 2.24) is 15.5 Å². The summed E-state index contributed by atoms with van der Waals surface area (Å²) in [7, 11) is 0. The van der Waals surface area contributed by atoms with Gasteiger partial charge in [-0.1, -0.05) is 56.3 Å². The van der Waals surface area contributed by atoms with Crippen LogP contribution in [-0.2, 0) is 20.9 Å². The van der Waals surface area contributed by atoms with Crippen molar-refractivity contribution in [2.45, 2.75) is 32.9 Å². The van der Waals surface area contributed by atoms with Crippen molar-refractivity contribution in [3.63, 3.8) is 0 Å². The number of nitrogens with zero attached hydrogens (tertiary/aromatic N) is 1. The molecule has 1 heterocycles. The number of urea groups is 1. The molecule has 2 aromatic rings. The molecular formula is C23H26N4O4. The minimum Gasteiger partial charge on any atom is -0.341 e. The first-order chi connectivity index (χ1) is 14.8. The molecule has 0 saturated carbocycles. The van der Waals surface area contributed by atoms with E-state index in [1.165, 1.54) is 0 Å². The lowest BCUT2D eigenvalue weighted by atomic mass is 10.0. The van der Waals surface area contributed by atoms with Crippen LogP contribution in [0.5, 0.6) is 0 Å². The van der Waals surface area contributed by atoms with Gasteiger partial charge in [0.05, 0.1) is 13.1 Å². The summed E-state index contributed by atoms with van der Waals surface area (Å²) in [5.41, 5.74) is 1.88. The van der Waals surface area contributed by atoms with E-state index in [1.807, 2.05) is 32.0 Å². The van der Waals surface area contributed by atoms with E-state index in [-0.39, 0.29) is 36.7 Å². The molecule has 0 aliphatic carbocycles. The standard InChI is InChI=1S/C23H26N4O4/c1-15(2)11-19(28)26-21(17-8-4-3-5-9-17)22(30)25-18-10-6-7-16(12-18)14-27-20(29)13-24-23(27)31/h3-10,12,15,21H,11,13-14H2,1-2H3,(H,24,31)(H,25,30)(H,26,28). The molecule has 1 atom stereocenters. The third kappa shape index (κ3) is 5.91. The van der Waals surface area contributed by atoms with Crippen LogP contribution in [0.25, 0.3) is 0 Å². The minimum absolute atomic E-state index is 0.00983. The van der Waals surface area contributed by atoms with E-state index in [1.54, 1.807) is 36.4 Å². The van der Waals surface area contributed by atoms with Crippen molar-refractivity contribution in [3.05, 3.63) is 65.7 Å². The molecule has 162 valence electrons. The van der Waals surface area contributed by atoms with Crippen LogP contribution in [0.15, 0.2) is 54.6 Å². The van der Waals surface area contributed by atoms with Crippen molar-refractivity contribution in [2.75, 3.05) is 11.9 Å². The van der Waals surface area contributed by atoms with Gasteiger partial charge in [-0.15, -0.1) is 0 Å². The van der Waals surface area contributed by atoms with E-state index in [0.717, 1.165) is 4.90 Å². The van der Waals surface area contributed by atoms with Crippen LogP contribution in [0.1, 0.15) is 37.4 Å². The summed E-state index contributed by atoms with van der Waals surface area (Å²) in [4.78, 5) is 50.1. The van der Waals surface area contributed by atoms with Crippen molar-refractivity contribution < 1.29 is 19.2 Å². The van der Waals surface area contributed by atoms with Gasteiger partial charge in [0.15, 0.2) is 0 Å². The molecule has 0 radical (unpaired) electrons. The zero-order chi connectivity index (χ0) is 22.4. The molecule has 3 rings (SSSR count). The molecule has 8 nitrogen and oxygen atoms in total. The molecule has 1 aliphatic rings. The fourth-order valence-electron chi connectivity index (χ4n) is 3.30. The largest absolute Gasteiger partial charge is 0.341 e. The van der Waals surface area contributed by atoms with E-state index in [4.69, 9.17) is 0 Å². The monoisotopic (exact) mass is 422 g/mol. The van der Waals surface area contributed by atoms with Gasteiger partial charge in [-0.2, -0.15) is 0 Å². The molecular weight excluding hydrogens is 396 g/mol. The first-order valence-corrected chi connectivity index (χ1v) is 10.2. The fraction of sp³-hybridized carbons (Fsp3) is 0.304. The normalized spacial score (nSPS) is 14.4. The molecule has 1 aliphatic heterocycles. The third-order valence-corrected chi connectivity index (χ3v) is 4.77. The minimum atomic E-state index is -0.845. The van der Waals surface area contributed by atoms with E-state index >= 15 is 0 Å². The first-order valence-electron chi connectivity index (χ1n) is 10.2. The number of anilines is 1. The Bertz CT molecular complexity index is 959. The summed E-state index contributed by atoms with van der Waals surface area (Å²) in [6.07, 6.45) is 0.317. The van der Waals surface area contributed by atoms with E-state index in [9.17, 15) is 19.2 Å². The van der Waals surface area contributed by atoms with Crippen LogP contribution in [0.3, 0.4) is 0 Å². The van der Waals surface area contributed by atoms with Gasteiger partial charge in [0, 0.05) is 12.1 Å². The van der Waals surface area contributed by atoms with Crippen LogP contribution in [0.4, 0.5) is 10.5 Å². The summed E-state index contributed by atoms with van der Waals surface area (Å²) < 4.78 is 0. The molecule has 3 N–H and O–H groups in total. The molecule has 0 aromatic heterocycles. The molecule has 0 bridgehead atoms. The quantitative estimate of drug-likeness (QED) is 0.568. The Labute approximate surface area is 181 Å². The number of benzene rings is 2. The summed E-state index contributed by atoms with van der Waals surface area (Å²) in [6, 6.07) is 14.7. The van der Waals surface area contributed by atoms with Crippen molar-refractivity contribution >= 4 is 29.4 Å². The van der Waals surface area contributed by atoms with Gasteiger partial charge in [0.25, 0.3) is 5.91 Å². The molecule has 2 aromatic carbocycles. The smallest absolute Gasteiger partial charge is 0.324 e. The zero-order valence-electron chi connectivity index (χ0n) is 17.6. The van der Waals surface area contributed by atoms with Crippen LogP contribution in [-0.4, -0.2) is 35.2 Å². The Morgan fingerprint density at radius 2 is 1.81 bits per heavy atom. The number of imide groups is 1. The number of hydrogen-bond acceptors (Lipinski definition) is 4. The summed E-state index contributed by atoms with van der Waals surface area (Å²) in [5, 5.41) is 8.12. The van der Waals surface area contributed by atoms with Crippen LogP contribution >= 0.6 is 0 Å². The Kier molecular flexibility index (Phi) is 7.02. The number of hydrogen-bond donors (Lipinski definition) is 3. The van der Waals surface area contributed by atoms with Gasteiger partial charge < -0.3 is 16.0 Å². The predicted octanol–water partition coefficient (Wildman–Crippen LogP) is 2.58. The highest BCUT2D eigenvalue weighted by Gasteiger charge is 2.28. The maximum atomic E-state index is 13.0. The second-order valence-electron chi connectivity index (χ2n) is 7.84. The number of carbonyl (C=O) groups is 4. The van der Waals surface area contributed by atoms with Crippen LogP contribution in [0, 0.1) is 5.92 Å². The Hall–Kier alpha value is -3.68. The van der Waals surface area contributed by atoms with Crippen molar-refractivity contribution in [2.24, 2.45) is 5.92 Å². The van der Waals surface area contributed by atoms with Crippen molar-refractivity contribution in [3.8, 4) is 0 Å². The molecule has 1 unspecified atom stereocenters. The Balaban J connectivity index is 1.74.